The third-order valence-corrected chi connectivity index (χ3v) is 2.79. The fourth-order valence-corrected chi connectivity index (χ4v) is 1.16. The quantitative estimate of drug-likeness (QED) is 0.590. The molecule has 0 aromatic rings. The van der Waals surface area contributed by atoms with Gasteiger partial charge in [0, 0.05) is 8.07 Å². The van der Waals surface area contributed by atoms with Crippen LogP contribution in [0.25, 0.3) is 0 Å². The van der Waals surface area contributed by atoms with Crippen molar-refractivity contribution in [2.45, 2.75) is 25.7 Å². The first kappa shape index (κ1) is 9.49. The molecule has 0 heterocycles. The fraction of sp³-hybridized carbons (Fsp3) is 0.833. The molecule has 4 heteroatoms. The maximum Gasteiger partial charge on any atom is 0.426 e. The molecule has 1 radical (unpaired) electrons. The molecule has 10 heavy (non-hydrogen) atoms. The molecule has 0 aliphatic carbocycles. The second-order valence-electron chi connectivity index (χ2n) is 3.45. The van der Waals surface area contributed by atoms with Crippen molar-refractivity contribution < 1.29 is 9.53 Å². The predicted octanol–water partition coefficient (Wildman–Crippen LogP) is 1.74. The van der Waals surface area contributed by atoms with E-state index < -0.39 is 14.2 Å². The molecule has 0 aromatic heterocycles. The third-order valence-electron chi connectivity index (χ3n) is 1.09. The molecule has 0 atom stereocenters. The number of amides is 1. The van der Waals surface area contributed by atoms with Crippen LogP contribution in [0.1, 0.15) is 0 Å². The maximum atomic E-state index is 9.99. The molecule has 0 saturated heterocycles. The Labute approximate surface area is 62.6 Å². The van der Waals surface area contributed by atoms with Gasteiger partial charge in [0.15, 0.2) is 0 Å². The average molecular weight is 160 g/mol. The Balaban J connectivity index is 3.29. The number of hydrogen-bond donors (Lipinski definition) is 0. The van der Waals surface area contributed by atoms with Gasteiger partial charge in [-0.1, -0.05) is 19.6 Å². The van der Waals surface area contributed by atoms with Crippen molar-refractivity contribution in [1.29, 1.82) is 0 Å². The number of hydrogen-bond acceptors (Lipinski definition) is 2. The summed E-state index contributed by atoms with van der Waals surface area (Å²) in [7, 11) is -1.08. The summed E-state index contributed by atoms with van der Waals surface area (Å²) >= 11 is 0. The summed E-state index contributed by atoms with van der Waals surface area (Å²) in [5.74, 6) is 0. The lowest BCUT2D eigenvalue weighted by molar-refractivity contribution is 0.161. The highest BCUT2D eigenvalue weighted by atomic mass is 28.3. The smallest absolute Gasteiger partial charge is 0.426 e. The molecular weight excluding hydrogens is 146 g/mol. The lowest BCUT2D eigenvalue weighted by Gasteiger charge is -2.13. The summed E-state index contributed by atoms with van der Waals surface area (Å²) < 4.78 is 4.48. The van der Waals surface area contributed by atoms with Crippen molar-refractivity contribution in [1.82, 2.24) is 5.73 Å². The summed E-state index contributed by atoms with van der Waals surface area (Å²) in [6.45, 7) is 7.01. The van der Waals surface area contributed by atoms with E-state index in [1.807, 2.05) is 0 Å². The first-order valence-electron chi connectivity index (χ1n) is 3.30. The fourth-order valence-electron chi connectivity index (χ4n) is 0.450. The summed E-state index contributed by atoms with van der Waals surface area (Å²) in [6.07, 6.45) is -0.918. The molecule has 1 amide bonds. The molecule has 0 aliphatic rings. The van der Waals surface area contributed by atoms with E-state index in [9.17, 15) is 4.79 Å². The minimum absolute atomic E-state index is 0.415. The van der Waals surface area contributed by atoms with Crippen LogP contribution in [0.3, 0.4) is 0 Å². The first-order chi connectivity index (χ1) is 4.42. The SMILES string of the molecule is C[Si](C)(C)CCOC([NH])=O. The highest BCUT2D eigenvalue weighted by Gasteiger charge is 2.12. The Morgan fingerprint density at radius 3 is 2.30 bits per heavy atom. The monoisotopic (exact) mass is 160 g/mol. The minimum atomic E-state index is -1.08. The van der Waals surface area contributed by atoms with E-state index in [0.29, 0.717) is 6.61 Å². The molecule has 0 fully saturated rings. The van der Waals surface area contributed by atoms with Crippen LogP contribution in [-0.2, 0) is 4.74 Å². The summed E-state index contributed by atoms with van der Waals surface area (Å²) in [5.41, 5.74) is 6.44. The van der Waals surface area contributed by atoms with Crippen molar-refractivity contribution in [2.75, 3.05) is 6.61 Å². The molecule has 59 valence electrons. The molecular formula is C6H14NO2Si. The Bertz CT molecular complexity index is 119. The molecule has 0 bridgehead atoms. The molecule has 0 aromatic carbocycles. The minimum Gasteiger partial charge on any atom is -0.449 e. The largest absolute Gasteiger partial charge is 0.449 e. The van der Waals surface area contributed by atoms with Gasteiger partial charge in [-0.15, -0.1) is 0 Å². The van der Waals surface area contributed by atoms with Crippen molar-refractivity contribution >= 4 is 14.2 Å². The zero-order chi connectivity index (χ0) is 8.20. The molecule has 0 saturated carbocycles. The van der Waals surface area contributed by atoms with Gasteiger partial charge in [0.1, 0.15) is 0 Å². The standard InChI is InChI=1S/C6H14NO2Si/c1-10(2,3)5-4-9-6(7)8/h7H,4-5H2,1-3H3. The Morgan fingerprint density at radius 2 is 2.00 bits per heavy atom. The van der Waals surface area contributed by atoms with Crippen molar-refractivity contribution in [2.24, 2.45) is 0 Å². The van der Waals surface area contributed by atoms with E-state index in [-0.39, 0.29) is 0 Å². The van der Waals surface area contributed by atoms with Gasteiger partial charge in [0.2, 0.25) is 0 Å². The predicted molar refractivity (Wildman–Crippen MR) is 42.6 cm³/mol. The highest BCUT2D eigenvalue weighted by molar-refractivity contribution is 6.76. The van der Waals surface area contributed by atoms with Crippen LogP contribution < -0.4 is 5.73 Å². The number of ether oxygens (including phenoxy) is 1. The van der Waals surface area contributed by atoms with E-state index in [4.69, 9.17) is 5.73 Å². The van der Waals surface area contributed by atoms with Crippen molar-refractivity contribution in [3.05, 3.63) is 0 Å². The first-order valence-corrected chi connectivity index (χ1v) is 7.01. The maximum absolute atomic E-state index is 9.99. The lowest BCUT2D eigenvalue weighted by atomic mass is 10.8. The molecule has 0 spiro atoms. The van der Waals surface area contributed by atoms with Gasteiger partial charge in [-0.05, 0) is 6.04 Å². The van der Waals surface area contributed by atoms with Gasteiger partial charge in [-0.25, -0.2) is 10.5 Å². The van der Waals surface area contributed by atoms with Gasteiger partial charge in [0.25, 0.3) is 0 Å². The van der Waals surface area contributed by atoms with Crippen molar-refractivity contribution in [3.8, 4) is 0 Å². The molecule has 1 N–H and O–H groups in total. The third kappa shape index (κ3) is 7.49. The van der Waals surface area contributed by atoms with E-state index in [0.717, 1.165) is 6.04 Å². The number of nitrogens with one attached hydrogen (secondary N) is 1. The number of carbonyl (C=O) groups excluding carboxylic acids is 1. The van der Waals surface area contributed by atoms with Crippen LogP contribution in [0.4, 0.5) is 4.79 Å². The summed E-state index contributed by atoms with van der Waals surface area (Å²) in [5, 5.41) is 0. The number of carbonyl (C=O) groups is 1. The van der Waals surface area contributed by atoms with Crippen LogP contribution >= 0.6 is 0 Å². The van der Waals surface area contributed by atoms with Crippen molar-refractivity contribution in [3.63, 3.8) is 0 Å². The van der Waals surface area contributed by atoms with E-state index >= 15 is 0 Å². The van der Waals surface area contributed by atoms with E-state index in [1.165, 1.54) is 0 Å². The van der Waals surface area contributed by atoms with Crippen LogP contribution in [0.15, 0.2) is 0 Å². The lowest BCUT2D eigenvalue weighted by Crippen LogP contribution is -2.22. The van der Waals surface area contributed by atoms with Gasteiger partial charge in [-0.2, -0.15) is 0 Å². The molecule has 3 nitrogen and oxygen atoms in total. The Kier molecular flexibility index (Phi) is 3.42. The normalized spacial score (nSPS) is 11.1. The van der Waals surface area contributed by atoms with Gasteiger partial charge in [-0.3, -0.25) is 0 Å². The summed E-state index contributed by atoms with van der Waals surface area (Å²) in [4.78, 5) is 9.99. The molecule has 0 unspecified atom stereocenters. The van der Waals surface area contributed by atoms with E-state index in [1.54, 1.807) is 0 Å². The molecule has 0 aliphatic heterocycles. The second-order valence-corrected chi connectivity index (χ2v) is 9.07. The average Bonchev–Trinajstić information content (AvgIpc) is 1.59. The zero-order valence-corrected chi connectivity index (χ0v) is 7.73. The Hall–Kier alpha value is -0.513. The van der Waals surface area contributed by atoms with Crippen LogP contribution in [0.2, 0.25) is 25.7 Å². The second kappa shape index (κ2) is 3.61. The van der Waals surface area contributed by atoms with Crippen LogP contribution in [-0.4, -0.2) is 20.8 Å². The summed E-state index contributed by atoms with van der Waals surface area (Å²) in [6, 6.07) is 0.942. The van der Waals surface area contributed by atoms with Gasteiger partial charge >= 0.3 is 6.09 Å². The number of rotatable bonds is 3. The zero-order valence-electron chi connectivity index (χ0n) is 6.73. The van der Waals surface area contributed by atoms with Gasteiger partial charge < -0.3 is 4.74 Å². The van der Waals surface area contributed by atoms with E-state index in [2.05, 4.69) is 24.4 Å². The highest BCUT2D eigenvalue weighted by Crippen LogP contribution is 2.07. The topological polar surface area (TPSA) is 50.1 Å². The molecule has 0 rings (SSSR count). The van der Waals surface area contributed by atoms with Crippen LogP contribution in [0, 0.1) is 0 Å². The van der Waals surface area contributed by atoms with Crippen LogP contribution in [0.5, 0.6) is 0 Å². The Morgan fingerprint density at radius 1 is 1.50 bits per heavy atom. The van der Waals surface area contributed by atoms with Gasteiger partial charge in [0.05, 0.1) is 6.61 Å².